The smallest absolute Gasteiger partial charge is 0.282 e. The number of nitrogens with zero attached hydrogens (tertiary/aromatic N) is 3. The summed E-state index contributed by atoms with van der Waals surface area (Å²) < 4.78 is 5.30. The maximum atomic E-state index is 13.1. The minimum atomic E-state index is -0.188. The van der Waals surface area contributed by atoms with Gasteiger partial charge in [-0.15, -0.1) is 0 Å². The van der Waals surface area contributed by atoms with E-state index in [0.29, 0.717) is 21.4 Å². The van der Waals surface area contributed by atoms with Gasteiger partial charge in [-0.1, -0.05) is 48.7 Å². The minimum absolute atomic E-state index is 0.148. The number of hydrazone groups is 1. The second-order valence-corrected chi connectivity index (χ2v) is 8.76. The fraction of sp³-hybridized carbons (Fsp3) is 0.391. The molecule has 1 N–H and O–H groups in total. The molecule has 0 radical (unpaired) electrons. The van der Waals surface area contributed by atoms with Crippen LogP contribution in [0.4, 0.5) is 5.69 Å². The number of ether oxygens (including phenoxy) is 1. The molecule has 31 heavy (non-hydrogen) atoms. The molecule has 1 amide bonds. The van der Waals surface area contributed by atoms with Crippen LogP contribution in [-0.4, -0.2) is 36.8 Å². The standard InChI is InChI=1S/C23H26Cl2N4O2/c1-15-21(23(30)27-28-12-4-3-5-13-28)26-29(20-11-8-17(24)14-19(20)25)22(15)16-6-9-18(31-2)10-7-16/h6-11,14-15,22H,3-5,12-13H2,1-2H3,(H,27,30)/t15-,22-/m0/s1. The first-order valence-electron chi connectivity index (χ1n) is 10.5. The van der Waals surface area contributed by atoms with Gasteiger partial charge >= 0.3 is 0 Å². The topological polar surface area (TPSA) is 57.2 Å². The number of anilines is 1. The first kappa shape index (κ1) is 21.9. The Hall–Kier alpha value is -2.28. The number of amides is 1. The monoisotopic (exact) mass is 460 g/mol. The second kappa shape index (κ2) is 9.47. The highest BCUT2D eigenvalue weighted by atomic mass is 35.5. The van der Waals surface area contributed by atoms with Crippen molar-refractivity contribution in [2.75, 3.05) is 25.2 Å². The molecule has 2 aliphatic rings. The summed E-state index contributed by atoms with van der Waals surface area (Å²) >= 11 is 12.6. The van der Waals surface area contributed by atoms with E-state index in [2.05, 4.69) is 5.43 Å². The fourth-order valence-electron chi connectivity index (χ4n) is 4.19. The predicted octanol–water partition coefficient (Wildman–Crippen LogP) is 5.07. The van der Waals surface area contributed by atoms with Gasteiger partial charge in [0.25, 0.3) is 5.91 Å². The zero-order valence-corrected chi connectivity index (χ0v) is 19.2. The highest BCUT2D eigenvalue weighted by Gasteiger charge is 2.40. The molecular formula is C23H26Cl2N4O2. The van der Waals surface area contributed by atoms with Crippen LogP contribution in [0.2, 0.25) is 10.0 Å². The normalized spacial score (nSPS) is 21.7. The number of rotatable bonds is 5. The average Bonchev–Trinajstić information content (AvgIpc) is 3.11. The number of carbonyl (C=O) groups is 1. The van der Waals surface area contributed by atoms with Crippen molar-refractivity contribution in [3.8, 4) is 5.75 Å². The third-order valence-electron chi connectivity index (χ3n) is 5.85. The Bertz CT molecular complexity index is 974. The predicted molar refractivity (Wildman–Crippen MR) is 125 cm³/mol. The molecule has 2 heterocycles. The zero-order chi connectivity index (χ0) is 22.0. The number of halogens is 2. The maximum Gasteiger partial charge on any atom is 0.282 e. The Morgan fingerprint density at radius 3 is 2.45 bits per heavy atom. The Morgan fingerprint density at radius 2 is 1.81 bits per heavy atom. The summed E-state index contributed by atoms with van der Waals surface area (Å²) in [4.78, 5) is 13.1. The number of hydrogen-bond acceptors (Lipinski definition) is 5. The fourth-order valence-corrected chi connectivity index (χ4v) is 4.69. The van der Waals surface area contributed by atoms with Crippen molar-refractivity contribution < 1.29 is 9.53 Å². The van der Waals surface area contributed by atoms with Crippen molar-refractivity contribution in [1.29, 1.82) is 0 Å². The van der Waals surface area contributed by atoms with Crippen molar-refractivity contribution in [1.82, 2.24) is 10.4 Å². The van der Waals surface area contributed by atoms with E-state index < -0.39 is 0 Å². The molecule has 8 heteroatoms. The molecule has 0 unspecified atom stereocenters. The summed E-state index contributed by atoms with van der Waals surface area (Å²) in [5.74, 6) is 0.458. The van der Waals surface area contributed by atoms with Crippen molar-refractivity contribution in [2.45, 2.75) is 32.2 Å². The maximum absolute atomic E-state index is 13.1. The molecule has 2 aromatic carbocycles. The summed E-state index contributed by atoms with van der Waals surface area (Å²) in [5, 5.41) is 9.60. The number of carbonyl (C=O) groups excluding carboxylic acids is 1. The van der Waals surface area contributed by atoms with Crippen molar-refractivity contribution >= 4 is 40.5 Å². The first-order valence-corrected chi connectivity index (χ1v) is 11.3. The third kappa shape index (κ3) is 4.66. The molecule has 1 saturated heterocycles. The SMILES string of the molecule is COc1ccc([C@@H]2[C@@H](C)C(C(=O)NN3CCCCC3)=NN2c2ccc(Cl)cc2Cl)cc1. The van der Waals surface area contributed by atoms with E-state index in [-0.39, 0.29) is 17.9 Å². The number of methoxy groups -OCH3 is 1. The van der Waals surface area contributed by atoms with Gasteiger partial charge in [0.2, 0.25) is 0 Å². The largest absolute Gasteiger partial charge is 0.497 e. The van der Waals surface area contributed by atoms with Crippen LogP contribution in [-0.2, 0) is 4.79 Å². The third-order valence-corrected chi connectivity index (χ3v) is 6.38. The lowest BCUT2D eigenvalue weighted by Crippen LogP contribution is -2.48. The lowest BCUT2D eigenvalue weighted by atomic mass is 9.91. The van der Waals surface area contributed by atoms with Gasteiger partial charge in [0.05, 0.1) is 23.9 Å². The number of piperidine rings is 1. The van der Waals surface area contributed by atoms with Gasteiger partial charge in [-0.05, 0) is 48.7 Å². The van der Waals surface area contributed by atoms with Crippen LogP contribution >= 0.6 is 23.2 Å². The molecule has 1 fully saturated rings. The first-order chi connectivity index (χ1) is 15.0. The Morgan fingerprint density at radius 1 is 1.10 bits per heavy atom. The van der Waals surface area contributed by atoms with Crippen LogP contribution in [0, 0.1) is 5.92 Å². The van der Waals surface area contributed by atoms with Crippen LogP contribution in [0.1, 0.15) is 37.8 Å². The average molecular weight is 461 g/mol. The van der Waals surface area contributed by atoms with Gasteiger partial charge in [-0.25, -0.2) is 5.01 Å². The van der Waals surface area contributed by atoms with E-state index >= 15 is 0 Å². The molecule has 0 spiro atoms. The quantitative estimate of drug-likeness (QED) is 0.676. The summed E-state index contributed by atoms with van der Waals surface area (Å²) in [6, 6.07) is 12.9. The van der Waals surface area contributed by atoms with Crippen molar-refractivity contribution in [2.24, 2.45) is 11.0 Å². The molecule has 2 aliphatic heterocycles. The summed E-state index contributed by atoms with van der Waals surface area (Å²) in [5.41, 5.74) is 5.25. The van der Waals surface area contributed by atoms with E-state index in [4.69, 9.17) is 33.0 Å². The van der Waals surface area contributed by atoms with Gasteiger partial charge < -0.3 is 4.74 Å². The number of benzene rings is 2. The highest BCUT2D eigenvalue weighted by molar-refractivity contribution is 6.41. The molecular weight excluding hydrogens is 435 g/mol. The van der Waals surface area contributed by atoms with E-state index in [1.165, 1.54) is 6.42 Å². The Balaban J connectivity index is 1.67. The lowest BCUT2D eigenvalue weighted by molar-refractivity contribution is -0.120. The molecule has 0 aliphatic carbocycles. The van der Waals surface area contributed by atoms with E-state index in [9.17, 15) is 4.79 Å². The van der Waals surface area contributed by atoms with Crippen LogP contribution in [0.3, 0.4) is 0 Å². The van der Waals surface area contributed by atoms with E-state index in [1.54, 1.807) is 19.2 Å². The van der Waals surface area contributed by atoms with Gasteiger partial charge in [0.15, 0.2) is 0 Å². The van der Waals surface area contributed by atoms with Gasteiger partial charge in [0.1, 0.15) is 11.5 Å². The molecule has 0 aromatic heterocycles. The number of hydrazine groups is 1. The zero-order valence-electron chi connectivity index (χ0n) is 17.6. The molecule has 0 bridgehead atoms. The minimum Gasteiger partial charge on any atom is -0.497 e. The Kier molecular flexibility index (Phi) is 6.70. The van der Waals surface area contributed by atoms with Gasteiger partial charge in [-0.3, -0.25) is 15.2 Å². The van der Waals surface area contributed by atoms with Crippen LogP contribution in [0.25, 0.3) is 0 Å². The molecule has 164 valence electrons. The molecule has 4 rings (SSSR count). The number of nitrogens with one attached hydrogen (secondary N) is 1. The van der Waals surface area contributed by atoms with Crippen LogP contribution in [0.5, 0.6) is 5.75 Å². The second-order valence-electron chi connectivity index (χ2n) is 7.92. The van der Waals surface area contributed by atoms with Gasteiger partial charge in [0, 0.05) is 24.0 Å². The molecule has 2 aromatic rings. The van der Waals surface area contributed by atoms with Crippen LogP contribution < -0.4 is 15.2 Å². The van der Waals surface area contributed by atoms with E-state index in [1.807, 2.05) is 47.3 Å². The highest BCUT2D eigenvalue weighted by Crippen LogP contribution is 2.42. The molecule has 6 nitrogen and oxygen atoms in total. The van der Waals surface area contributed by atoms with Crippen molar-refractivity contribution in [3.63, 3.8) is 0 Å². The van der Waals surface area contributed by atoms with E-state index in [0.717, 1.165) is 37.2 Å². The Labute approximate surface area is 192 Å². The molecule has 0 saturated carbocycles. The molecule has 2 atom stereocenters. The van der Waals surface area contributed by atoms with Crippen molar-refractivity contribution in [3.05, 3.63) is 58.1 Å². The number of hydrogen-bond donors (Lipinski definition) is 1. The van der Waals surface area contributed by atoms with Gasteiger partial charge in [-0.2, -0.15) is 5.10 Å². The van der Waals surface area contributed by atoms with Crippen LogP contribution in [0.15, 0.2) is 47.6 Å². The summed E-state index contributed by atoms with van der Waals surface area (Å²) in [7, 11) is 1.64. The summed E-state index contributed by atoms with van der Waals surface area (Å²) in [6.45, 7) is 3.75. The lowest BCUT2D eigenvalue weighted by Gasteiger charge is -2.28. The summed E-state index contributed by atoms with van der Waals surface area (Å²) in [6.07, 6.45) is 3.37.